The first-order valence-corrected chi connectivity index (χ1v) is 7.27. The van der Waals surface area contributed by atoms with E-state index in [0.717, 1.165) is 24.5 Å². The molecule has 1 heterocycles. The van der Waals surface area contributed by atoms with Crippen molar-refractivity contribution in [2.24, 2.45) is 0 Å². The van der Waals surface area contributed by atoms with Crippen LogP contribution in [0.15, 0.2) is 23.6 Å². The molecule has 0 saturated heterocycles. The predicted molar refractivity (Wildman–Crippen MR) is 75.8 cm³/mol. The van der Waals surface area contributed by atoms with Gasteiger partial charge < -0.3 is 10.4 Å². The Morgan fingerprint density at radius 2 is 2.11 bits per heavy atom. The Morgan fingerprint density at radius 1 is 1.44 bits per heavy atom. The maximum Gasteiger partial charge on any atom is 0.187 e. The Hall–Kier alpha value is -0.650. The highest BCUT2D eigenvalue weighted by atomic mass is 32.2. The summed E-state index contributed by atoms with van der Waals surface area (Å²) >= 11 is 1.65. The molecule has 1 aromatic rings. The highest BCUT2D eigenvalue weighted by Crippen LogP contribution is 2.25. The zero-order valence-electron chi connectivity index (χ0n) is 11.4. The first-order chi connectivity index (χ1) is 8.59. The van der Waals surface area contributed by atoms with Crippen molar-refractivity contribution in [3.05, 3.63) is 18.5 Å². The fourth-order valence-corrected chi connectivity index (χ4v) is 2.88. The molecule has 4 nitrogen and oxygen atoms in total. The van der Waals surface area contributed by atoms with Gasteiger partial charge in [-0.1, -0.05) is 25.6 Å². The molecule has 0 aliphatic rings. The van der Waals surface area contributed by atoms with Gasteiger partial charge >= 0.3 is 0 Å². The van der Waals surface area contributed by atoms with Gasteiger partial charge in [0.05, 0.1) is 6.61 Å². The molecule has 0 aromatic carbocycles. The fourth-order valence-electron chi connectivity index (χ4n) is 1.82. The van der Waals surface area contributed by atoms with E-state index in [0.29, 0.717) is 5.25 Å². The highest BCUT2D eigenvalue weighted by Gasteiger charge is 2.25. The van der Waals surface area contributed by atoms with Crippen molar-refractivity contribution in [3.63, 3.8) is 0 Å². The lowest BCUT2D eigenvalue weighted by Crippen LogP contribution is -2.47. The third-order valence-corrected chi connectivity index (χ3v) is 3.73. The Balaban J connectivity index is 2.49. The van der Waals surface area contributed by atoms with Crippen molar-refractivity contribution in [1.29, 1.82) is 0 Å². The van der Waals surface area contributed by atoms with E-state index in [-0.39, 0.29) is 12.1 Å². The fraction of sp³-hybridized carbons (Fsp3) is 0.692. The lowest BCUT2D eigenvalue weighted by atomic mass is 9.97. The molecule has 0 bridgehead atoms. The number of aliphatic hydroxyl groups is 1. The van der Waals surface area contributed by atoms with Crippen LogP contribution < -0.4 is 5.32 Å². The molecular weight excluding hydrogens is 246 g/mol. The van der Waals surface area contributed by atoms with Gasteiger partial charge in [-0.05, 0) is 32.4 Å². The van der Waals surface area contributed by atoms with Gasteiger partial charge in [-0.25, -0.2) is 9.97 Å². The van der Waals surface area contributed by atoms with E-state index in [1.165, 1.54) is 0 Å². The second-order valence-electron chi connectivity index (χ2n) is 4.81. The van der Waals surface area contributed by atoms with Crippen molar-refractivity contribution in [1.82, 2.24) is 15.3 Å². The van der Waals surface area contributed by atoms with Gasteiger partial charge in [-0.2, -0.15) is 0 Å². The minimum atomic E-state index is -0.225. The van der Waals surface area contributed by atoms with Gasteiger partial charge in [0.15, 0.2) is 5.16 Å². The highest BCUT2D eigenvalue weighted by molar-refractivity contribution is 7.99. The van der Waals surface area contributed by atoms with Gasteiger partial charge in [-0.3, -0.25) is 0 Å². The van der Waals surface area contributed by atoms with E-state index in [9.17, 15) is 5.11 Å². The van der Waals surface area contributed by atoms with E-state index in [1.807, 2.05) is 6.07 Å². The number of nitrogens with one attached hydrogen (secondary N) is 1. The lowest BCUT2D eigenvalue weighted by Gasteiger charge is -2.31. The Morgan fingerprint density at radius 3 is 2.67 bits per heavy atom. The average molecular weight is 269 g/mol. The van der Waals surface area contributed by atoms with Crippen LogP contribution in [-0.2, 0) is 0 Å². The number of thioether (sulfide) groups is 1. The van der Waals surface area contributed by atoms with Crippen molar-refractivity contribution in [2.75, 3.05) is 13.2 Å². The van der Waals surface area contributed by atoms with E-state index in [1.54, 1.807) is 24.2 Å². The zero-order chi connectivity index (χ0) is 13.4. The van der Waals surface area contributed by atoms with Crippen LogP contribution in [0.2, 0.25) is 0 Å². The maximum absolute atomic E-state index is 9.52. The van der Waals surface area contributed by atoms with Gasteiger partial charge in [0.25, 0.3) is 0 Å². The molecule has 102 valence electrons. The van der Waals surface area contributed by atoms with Crippen LogP contribution in [0.1, 0.15) is 33.6 Å². The maximum atomic E-state index is 9.52. The smallest absolute Gasteiger partial charge is 0.187 e. The summed E-state index contributed by atoms with van der Waals surface area (Å²) in [4.78, 5) is 8.41. The van der Waals surface area contributed by atoms with Crippen LogP contribution in [0.4, 0.5) is 0 Å². The van der Waals surface area contributed by atoms with Gasteiger partial charge in [0.2, 0.25) is 0 Å². The summed E-state index contributed by atoms with van der Waals surface area (Å²) in [6.45, 7) is 7.40. The standard InChI is InChI=1S/C13H23N3OS/c1-4-6-16-13(3,10-17)9-11(2)18-12-14-7-5-8-15-12/h5,7-8,11,16-17H,4,6,9-10H2,1-3H3. The molecule has 1 aromatic heterocycles. The first kappa shape index (κ1) is 15.4. The summed E-state index contributed by atoms with van der Waals surface area (Å²) in [5, 5.41) is 14.1. The van der Waals surface area contributed by atoms with Gasteiger partial charge in [0.1, 0.15) is 0 Å². The molecule has 0 aliphatic heterocycles. The van der Waals surface area contributed by atoms with Crippen molar-refractivity contribution in [3.8, 4) is 0 Å². The largest absolute Gasteiger partial charge is 0.394 e. The van der Waals surface area contributed by atoms with Crippen molar-refractivity contribution in [2.45, 2.75) is 49.6 Å². The van der Waals surface area contributed by atoms with Crippen molar-refractivity contribution < 1.29 is 5.11 Å². The van der Waals surface area contributed by atoms with Crippen LogP contribution in [0.3, 0.4) is 0 Å². The second-order valence-corrected chi connectivity index (χ2v) is 6.22. The number of hydrogen-bond donors (Lipinski definition) is 2. The Bertz CT molecular complexity index is 336. The average Bonchev–Trinajstić information content (AvgIpc) is 2.37. The van der Waals surface area contributed by atoms with E-state index in [4.69, 9.17) is 0 Å². The van der Waals surface area contributed by atoms with Crippen LogP contribution >= 0.6 is 11.8 Å². The zero-order valence-corrected chi connectivity index (χ0v) is 12.2. The Labute approximate surface area is 114 Å². The van der Waals surface area contributed by atoms with Gasteiger partial charge in [0, 0.05) is 23.2 Å². The molecule has 18 heavy (non-hydrogen) atoms. The second kappa shape index (κ2) is 7.71. The van der Waals surface area contributed by atoms with Gasteiger partial charge in [-0.15, -0.1) is 0 Å². The Kier molecular flexibility index (Phi) is 6.60. The van der Waals surface area contributed by atoms with Crippen LogP contribution in [0.5, 0.6) is 0 Å². The first-order valence-electron chi connectivity index (χ1n) is 6.39. The molecule has 0 spiro atoms. The topological polar surface area (TPSA) is 58.0 Å². The number of aromatic nitrogens is 2. The summed E-state index contributed by atoms with van der Waals surface area (Å²) in [5.41, 5.74) is -0.225. The van der Waals surface area contributed by atoms with E-state index < -0.39 is 0 Å². The summed E-state index contributed by atoms with van der Waals surface area (Å²) in [7, 11) is 0. The molecule has 0 radical (unpaired) electrons. The molecule has 0 aliphatic carbocycles. The minimum absolute atomic E-state index is 0.146. The lowest BCUT2D eigenvalue weighted by molar-refractivity contribution is 0.166. The van der Waals surface area contributed by atoms with Crippen molar-refractivity contribution >= 4 is 11.8 Å². The molecule has 0 saturated carbocycles. The quantitative estimate of drug-likeness (QED) is 0.559. The normalized spacial score (nSPS) is 16.2. The van der Waals surface area contributed by atoms with Crippen LogP contribution in [0.25, 0.3) is 0 Å². The van der Waals surface area contributed by atoms with E-state index in [2.05, 4.69) is 36.1 Å². The molecule has 1 rings (SSSR count). The third-order valence-electron chi connectivity index (χ3n) is 2.74. The summed E-state index contributed by atoms with van der Waals surface area (Å²) in [6.07, 6.45) is 5.45. The number of nitrogens with zero attached hydrogens (tertiary/aromatic N) is 2. The van der Waals surface area contributed by atoms with Crippen LogP contribution in [-0.4, -0.2) is 39.0 Å². The molecule has 5 heteroatoms. The third kappa shape index (κ3) is 5.33. The molecule has 0 fully saturated rings. The summed E-state index contributed by atoms with van der Waals surface area (Å²) in [5.74, 6) is 0. The van der Waals surface area contributed by atoms with Crippen LogP contribution in [0, 0.1) is 0 Å². The summed E-state index contributed by atoms with van der Waals surface area (Å²) < 4.78 is 0. The number of aliphatic hydroxyl groups excluding tert-OH is 1. The molecule has 2 unspecified atom stereocenters. The minimum Gasteiger partial charge on any atom is -0.394 e. The molecule has 0 amide bonds. The molecule has 2 atom stereocenters. The van der Waals surface area contributed by atoms with E-state index >= 15 is 0 Å². The number of hydrogen-bond acceptors (Lipinski definition) is 5. The molecule has 2 N–H and O–H groups in total. The monoisotopic (exact) mass is 269 g/mol. The predicted octanol–water partition coefficient (Wildman–Crippen LogP) is 2.10. The molecular formula is C13H23N3OS. The number of rotatable bonds is 8. The SMILES string of the molecule is CCCNC(C)(CO)CC(C)Sc1ncccn1. The summed E-state index contributed by atoms with van der Waals surface area (Å²) in [6, 6.07) is 1.81.